The maximum absolute atomic E-state index is 12.7. The number of hydrogen-bond donors (Lipinski definition) is 1. The Morgan fingerprint density at radius 3 is 2.79 bits per heavy atom. The lowest BCUT2D eigenvalue weighted by molar-refractivity contribution is -0.384. The van der Waals surface area contributed by atoms with Crippen molar-refractivity contribution in [2.45, 2.75) is 6.92 Å². The number of aromatic nitrogens is 3. The fourth-order valence-corrected chi connectivity index (χ4v) is 4.21. The number of anilines is 1. The molecular formula is C23H15N5O5S. The third kappa shape index (κ3) is 3.95. The van der Waals surface area contributed by atoms with E-state index in [1.54, 1.807) is 28.8 Å². The maximum atomic E-state index is 12.7. The van der Waals surface area contributed by atoms with Crippen LogP contribution < -0.4 is 10.7 Å². The number of hydrogen-bond acceptors (Lipinski definition) is 8. The van der Waals surface area contributed by atoms with Crippen molar-refractivity contribution < 1.29 is 14.1 Å². The van der Waals surface area contributed by atoms with Crippen LogP contribution in [0, 0.1) is 17.0 Å². The van der Waals surface area contributed by atoms with Crippen molar-refractivity contribution in [2.24, 2.45) is 0 Å². The summed E-state index contributed by atoms with van der Waals surface area (Å²) < 4.78 is 7.03. The first-order valence-electron chi connectivity index (χ1n) is 9.99. The van der Waals surface area contributed by atoms with Crippen molar-refractivity contribution >= 4 is 50.9 Å². The highest BCUT2D eigenvalue weighted by atomic mass is 32.1. The number of rotatable bonds is 5. The van der Waals surface area contributed by atoms with Crippen LogP contribution in [0.3, 0.4) is 0 Å². The van der Waals surface area contributed by atoms with E-state index in [4.69, 9.17) is 4.42 Å². The van der Waals surface area contributed by atoms with E-state index < -0.39 is 10.8 Å². The third-order valence-electron chi connectivity index (χ3n) is 5.06. The number of non-ortho nitro benzene ring substituents is 1. The van der Waals surface area contributed by atoms with E-state index in [9.17, 15) is 19.7 Å². The molecule has 34 heavy (non-hydrogen) atoms. The molecule has 11 heteroatoms. The zero-order chi connectivity index (χ0) is 23.8. The van der Waals surface area contributed by atoms with Crippen LogP contribution in [0.15, 0.2) is 69.4 Å². The molecule has 0 radical (unpaired) electrons. The summed E-state index contributed by atoms with van der Waals surface area (Å²) in [4.78, 5) is 40.3. The van der Waals surface area contributed by atoms with Gasteiger partial charge in [0.1, 0.15) is 11.8 Å². The van der Waals surface area contributed by atoms with Gasteiger partial charge in [-0.2, -0.15) is 4.98 Å². The number of nitrogens with zero attached hydrogens (tertiary/aromatic N) is 4. The summed E-state index contributed by atoms with van der Waals surface area (Å²) in [6.45, 7) is 1.88. The molecule has 2 aromatic carbocycles. The van der Waals surface area contributed by atoms with E-state index in [-0.39, 0.29) is 22.6 Å². The molecule has 10 nitrogen and oxygen atoms in total. The summed E-state index contributed by atoms with van der Waals surface area (Å²) in [6, 6.07) is 11.4. The second kappa shape index (κ2) is 8.37. The molecule has 3 aromatic heterocycles. The molecule has 168 valence electrons. The maximum Gasteiger partial charge on any atom is 0.269 e. The van der Waals surface area contributed by atoms with Gasteiger partial charge in [-0.05, 0) is 37.3 Å². The van der Waals surface area contributed by atoms with Crippen molar-refractivity contribution in [3.05, 3.63) is 91.6 Å². The monoisotopic (exact) mass is 473 g/mol. The molecule has 0 aliphatic carbocycles. The molecule has 0 spiro atoms. The Morgan fingerprint density at radius 2 is 2.03 bits per heavy atom. The van der Waals surface area contributed by atoms with Crippen LogP contribution in [-0.2, 0) is 4.79 Å². The fourth-order valence-electron chi connectivity index (χ4n) is 3.38. The number of nitro groups is 1. The molecule has 0 unspecified atom stereocenters. The van der Waals surface area contributed by atoms with E-state index in [1.165, 1.54) is 41.9 Å². The van der Waals surface area contributed by atoms with Crippen LogP contribution in [0.1, 0.15) is 11.1 Å². The van der Waals surface area contributed by atoms with Gasteiger partial charge >= 0.3 is 0 Å². The van der Waals surface area contributed by atoms with Gasteiger partial charge in [0.2, 0.25) is 4.96 Å². The SMILES string of the molecule is Cc1ccc2occ(/C=C/C(=O)Nc3nc4scc(-c5ccc([N+](=O)[O-])cc5)n4n3)c(=O)c2c1. The van der Waals surface area contributed by atoms with Gasteiger partial charge < -0.3 is 4.42 Å². The predicted octanol–water partition coefficient (Wildman–Crippen LogP) is 4.43. The van der Waals surface area contributed by atoms with Crippen molar-refractivity contribution in [1.82, 2.24) is 14.6 Å². The molecule has 0 aliphatic rings. The minimum atomic E-state index is -0.515. The number of aryl methyl sites for hydroxylation is 1. The van der Waals surface area contributed by atoms with Crippen LogP contribution >= 0.6 is 11.3 Å². The second-order valence-corrected chi connectivity index (χ2v) is 8.23. The van der Waals surface area contributed by atoms with Gasteiger partial charge in [0.25, 0.3) is 17.5 Å². The number of thiazole rings is 1. The second-order valence-electron chi connectivity index (χ2n) is 7.40. The minimum Gasteiger partial charge on any atom is -0.463 e. The quantitative estimate of drug-likeness (QED) is 0.227. The summed E-state index contributed by atoms with van der Waals surface area (Å²) in [5.41, 5.74) is 2.81. The lowest BCUT2D eigenvalue weighted by atomic mass is 10.1. The fraction of sp³-hybridized carbons (Fsp3) is 0.0435. The highest BCUT2D eigenvalue weighted by Crippen LogP contribution is 2.27. The Hall–Kier alpha value is -4.64. The lowest BCUT2D eigenvalue weighted by Crippen LogP contribution is -2.10. The summed E-state index contributed by atoms with van der Waals surface area (Å²) in [5, 5.41) is 20.0. The average Bonchev–Trinajstić information content (AvgIpc) is 3.39. The standard InChI is InChI=1S/C23H15N5O5S/c1-13-2-8-19-17(10-13)21(30)15(11-33-19)5-9-20(29)24-22-25-23-27(26-22)18(12-34-23)14-3-6-16(7-4-14)28(31)32/h2-12H,1H3,(H,24,26,29)/b9-5+. The largest absolute Gasteiger partial charge is 0.463 e. The van der Waals surface area contributed by atoms with Crippen molar-refractivity contribution in [3.63, 3.8) is 0 Å². The molecule has 0 fully saturated rings. The van der Waals surface area contributed by atoms with Gasteiger partial charge in [-0.25, -0.2) is 4.52 Å². The normalized spacial score (nSPS) is 11.4. The number of nitrogens with one attached hydrogen (secondary N) is 1. The number of carbonyl (C=O) groups excluding carboxylic acids is 1. The Balaban J connectivity index is 1.35. The zero-order valence-electron chi connectivity index (χ0n) is 17.6. The number of amides is 1. The molecule has 0 aliphatic heterocycles. The van der Waals surface area contributed by atoms with Crippen LogP contribution in [0.4, 0.5) is 11.6 Å². The highest BCUT2D eigenvalue weighted by Gasteiger charge is 2.14. The molecule has 0 saturated carbocycles. The first-order chi connectivity index (χ1) is 16.4. The van der Waals surface area contributed by atoms with E-state index in [2.05, 4.69) is 15.4 Å². The highest BCUT2D eigenvalue weighted by molar-refractivity contribution is 7.15. The number of benzene rings is 2. The van der Waals surface area contributed by atoms with Gasteiger partial charge in [0.05, 0.1) is 21.6 Å². The molecule has 0 bridgehead atoms. The van der Waals surface area contributed by atoms with Crippen LogP contribution in [0.25, 0.3) is 33.3 Å². The van der Waals surface area contributed by atoms with E-state index in [0.29, 0.717) is 21.6 Å². The Labute approximate surface area is 194 Å². The summed E-state index contributed by atoms with van der Waals surface area (Å²) >= 11 is 1.31. The Morgan fingerprint density at radius 1 is 1.24 bits per heavy atom. The van der Waals surface area contributed by atoms with Crippen molar-refractivity contribution in [2.75, 3.05) is 5.32 Å². The first-order valence-corrected chi connectivity index (χ1v) is 10.9. The minimum absolute atomic E-state index is 0.0101. The summed E-state index contributed by atoms with van der Waals surface area (Å²) in [5.74, 6) is -0.426. The summed E-state index contributed by atoms with van der Waals surface area (Å²) in [6.07, 6.45) is 3.90. The lowest BCUT2D eigenvalue weighted by Gasteiger charge is -2.00. The average molecular weight is 473 g/mol. The predicted molar refractivity (Wildman–Crippen MR) is 128 cm³/mol. The zero-order valence-corrected chi connectivity index (χ0v) is 18.4. The molecule has 1 amide bonds. The van der Waals surface area contributed by atoms with Crippen LogP contribution in [0.5, 0.6) is 0 Å². The molecule has 0 atom stereocenters. The van der Waals surface area contributed by atoms with Gasteiger partial charge in [-0.1, -0.05) is 11.6 Å². The van der Waals surface area contributed by atoms with E-state index in [0.717, 1.165) is 11.1 Å². The van der Waals surface area contributed by atoms with Crippen LogP contribution in [0.2, 0.25) is 0 Å². The van der Waals surface area contributed by atoms with Gasteiger partial charge in [0.15, 0.2) is 5.43 Å². The van der Waals surface area contributed by atoms with Crippen molar-refractivity contribution in [3.8, 4) is 11.3 Å². The molecule has 1 N–H and O–H groups in total. The van der Waals surface area contributed by atoms with Gasteiger partial charge in [0, 0.05) is 29.2 Å². The van der Waals surface area contributed by atoms with Crippen LogP contribution in [-0.4, -0.2) is 25.4 Å². The summed E-state index contributed by atoms with van der Waals surface area (Å²) in [7, 11) is 0. The van der Waals surface area contributed by atoms with E-state index in [1.807, 2.05) is 18.4 Å². The van der Waals surface area contributed by atoms with Gasteiger partial charge in [-0.3, -0.25) is 25.0 Å². The molecule has 5 rings (SSSR count). The number of nitro benzene ring substituents is 1. The molecule has 5 aromatic rings. The third-order valence-corrected chi connectivity index (χ3v) is 5.88. The molecule has 0 saturated heterocycles. The first kappa shape index (κ1) is 21.2. The van der Waals surface area contributed by atoms with Gasteiger partial charge in [-0.15, -0.1) is 16.4 Å². The van der Waals surface area contributed by atoms with E-state index >= 15 is 0 Å². The molecular weight excluding hydrogens is 458 g/mol. The van der Waals surface area contributed by atoms with Crippen molar-refractivity contribution in [1.29, 1.82) is 0 Å². The topological polar surface area (TPSA) is 133 Å². The smallest absolute Gasteiger partial charge is 0.269 e. The number of carbonyl (C=O) groups is 1. The Kier molecular flexibility index (Phi) is 5.22. The Bertz CT molecular complexity index is 1660. The molecule has 3 heterocycles. The number of fused-ring (bicyclic) bond motifs is 2.